The van der Waals surface area contributed by atoms with Gasteiger partial charge in [-0.2, -0.15) is 13.2 Å². The molecule has 1 aliphatic rings. The predicted molar refractivity (Wildman–Crippen MR) is 110 cm³/mol. The van der Waals surface area contributed by atoms with Gasteiger partial charge in [0.1, 0.15) is 5.75 Å². The molecule has 1 fully saturated rings. The maximum Gasteiger partial charge on any atom is 0.422 e. The summed E-state index contributed by atoms with van der Waals surface area (Å²) >= 11 is 5.90. The molecule has 0 aromatic heterocycles. The van der Waals surface area contributed by atoms with E-state index in [1.807, 2.05) is 12.1 Å². The van der Waals surface area contributed by atoms with Crippen molar-refractivity contribution in [3.63, 3.8) is 0 Å². The van der Waals surface area contributed by atoms with E-state index in [0.717, 1.165) is 18.8 Å². The van der Waals surface area contributed by atoms with Crippen molar-refractivity contribution in [2.75, 3.05) is 55.0 Å². The van der Waals surface area contributed by atoms with Crippen molar-refractivity contribution in [1.29, 1.82) is 0 Å². The summed E-state index contributed by atoms with van der Waals surface area (Å²) in [6.07, 6.45) is -4.47. The lowest BCUT2D eigenvalue weighted by Gasteiger charge is -2.28. The standard InChI is InChI=1S/C20H21ClF3N3O3/c21-14-1-6-18(30-13-20(22,23)24)17(11-14)25-12-19(28)26-15-2-4-16(5-3-15)27-7-9-29-10-8-27/h1-6,11,25H,7-10,12-13H2,(H,26,28). The van der Waals surface area contributed by atoms with Crippen molar-refractivity contribution in [3.8, 4) is 5.75 Å². The number of morpholine rings is 1. The molecule has 1 aliphatic heterocycles. The molecule has 2 aromatic carbocycles. The maximum absolute atomic E-state index is 12.4. The van der Waals surface area contributed by atoms with E-state index < -0.39 is 12.8 Å². The van der Waals surface area contributed by atoms with Gasteiger partial charge in [-0.3, -0.25) is 4.79 Å². The van der Waals surface area contributed by atoms with Crippen LogP contribution in [-0.2, 0) is 9.53 Å². The third kappa shape index (κ3) is 6.70. The first-order valence-corrected chi connectivity index (χ1v) is 9.63. The van der Waals surface area contributed by atoms with Crippen molar-refractivity contribution in [1.82, 2.24) is 0 Å². The van der Waals surface area contributed by atoms with E-state index in [9.17, 15) is 18.0 Å². The minimum Gasteiger partial charge on any atom is -0.482 e. The molecule has 0 aliphatic carbocycles. The van der Waals surface area contributed by atoms with Crippen LogP contribution in [0.2, 0.25) is 5.02 Å². The number of benzene rings is 2. The third-order valence-corrected chi connectivity index (χ3v) is 4.53. The molecule has 1 saturated heterocycles. The Bertz CT molecular complexity index is 857. The number of hydrogen-bond donors (Lipinski definition) is 2. The van der Waals surface area contributed by atoms with Gasteiger partial charge in [0.15, 0.2) is 6.61 Å². The van der Waals surface area contributed by atoms with Crippen LogP contribution in [0.25, 0.3) is 0 Å². The van der Waals surface area contributed by atoms with Crippen molar-refractivity contribution < 1.29 is 27.4 Å². The van der Waals surface area contributed by atoms with Crippen LogP contribution >= 0.6 is 11.6 Å². The summed E-state index contributed by atoms with van der Waals surface area (Å²) in [6.45, 7) is 1.38. The number of carbonyl (C=O) groups is 1. The van der Waals surface area contributed by atoms with Crippen molar-refractivity contribution in [2.24, 2.45) is 0 Å². The molecular formula is C20H21ClF3N3O3. The fourth-order valence-electron chi connectivity index (χ4n) is 2.88. The minimum absolute atomic E-state index is 0.0422. The summed E-state index contributed by atoms with van der Waals surface area (Å²) in [5, 5.41) is 5.80. The average Bonchev–Trinajstić information content (AvgIpc) is 2.72. The molecule has 30 heavy (non-hydrogen) atoms. The minimum atomic E-state index is -4.47. The monoisotopic (exact) mass is 443 g/mol. The second-order valence-corrected chi connectivity index (χ2v) is 7.03. The van der Waals surface area contributed by atoms with Gasteiger partial charge in [0.2, 0.25) is 5.91 Å². The van der Waals surface area contributed by atoms with Crippen LogP contribution < -0.4 is 20.3 Å². The average molecular weight is 444 g/mol. The molecule has 0 atom stereocenters. The van der Waals surface area contributed by atoms with E-state index in [4.69, 9.17) is 21.1 Å². The normalized spacial score (nSPS) is 14.3. The molecule has 10 heteroatoms. The summed E-state index contributed by atoms with van der Waals surface area (Å²) in [4.78, 5) is 14.4. The molecule has 1 amide bonds. The number of alkyl halides is 3. The summed E-state index contributed by atoms with van der Waals surface area (Å²) < 4.78 is 47.3. The molecule has 0 spiro atoms. The number of ether oxygens (including phenoxy) is 2. The molecule has 2 N–H and O–H groups in total. The van der Waals surface area contributed by atoms with Crippen LogP contribution in [0.3, 0.4) is 0 Å². The van der Waals surface area contributed by atoms with Gasteiger partial charge in [-0.05, 0) is 42.5 Å². The zero-order valence-electron chi connectivity index (χ0n) is 16.0. The van der Waals surface area contributed by atoms with Gasteiger partial charge in [0.25, 0.3) is 0 Å². The highest BCUT2D eigenvalue weighted by Crippen LogP contribution is 2.29. The zero-order valence-corrected chi connectivity index (χ0v) is 16.7. The lowest BCUT2D eigenvalue weighted by atomic mass is 10.2. The second kappa shape index (κ2) is 9.90. The number of anilines is 3. The van der Waals surface area contributed by atoms with Crippen molar-refractivity contribution in [2.45, 2.75) is 6.18 Å². The first-order valence-electron chi connectivity index (χ1n) is 9.26. The van der Waals surface area contributed by atoms with E-state index in [-0.39, 0.29) is 23.9 Å². The molecule has 2 aromatic rings. The Hall–Kier alpha value is -2.65. The Balaban J connectivity index is 1.54. The highest BCUT2D eigenvalue weighted by Gasteiger charge is 2.28. The number of nitrogens with zero attached hydrogens (tertiary/aromatic N) is 1. The van der Waals surface area contributed by atoms with E-state index in [2.05, 4.69) is 15.5 Å². The van der Waals surface area contributed by atoms with E-state index in [0.29, 0.717) is 23.9 Å². The van der Waals surface area contributed by atoms with Crippen LogP contribution in [0.15, 0.2) is 42.5 Å². The third-order valence-electron chi connectivity index (χ3n) is 4.30. The molecule has 162 valence electrons. The number of hydrogen-bond acceptors (Lipinski definition) is 5. The molecule has 0 bridgehead atoms. The lowest BCUT2D eigenvalue weighted by molar-refractivity contribution is -0.153. The Labute approximate surface area is 176 Å². The van der Waals surface area contributed by atoms with Gasteiger partial charge < -0.3 is 25.0 Å². The number of amides is 1. The molecule has 1 heterocycles. The van der Waals surface area contributed by atoms with Crippen molar-refractivity contribution in [3.05, 3.63) is 47.5 Å². The molecule has 0 unspecified atom stereocenters. The fraction of sp³-hybridized carbons (Fsp3) is 0.350. The topological polar surface area (TPSA) is 62.8 Å². The molecular weight excluding hydrogens is 423 g/mol. The van der Waals surface area contributed by atoms with Gasteiger partial charge in [0, 0.05) is 29.5 Å². The molecule has 0 radical (unpaired) electrons. The number of halogens is 4. The summed E-state index contributed by atoms with van der Waals surface area (Å²) in [6, 6.07) is 11.5. The molecule has 3 rings (SSSR count). The van der Waals surface area contributed by atoms with Crippen LogP contribution in [0, 0.1) is 0 Å². The zero-order chi connectivity index (χ0) is 21.6. The number of carbonyl (C=O) groups excluding carboxylic acids is 1. The van der Waals surface area contributed by atoms with Gasteiger partial charge >= 0.3 is 6.18 Å². The van der Waals surface area contributed by atoms with Gasteiger partial charge in [-0.25, -0.2) is 0 Å². The largest absolute Gasteiger partial charge is 0.482 e. The van der Waals surface area contributed by atoms with Crippen LogP contribution in [0.4, 0.5) is 30.2 Å². The summed E-state index contributed by atoms with van der Waals surface area (Å²) in [5.74, 6) is -0.407. The fourth-order valence-corrected chi connectivity index (χ4v) is 3.06. The van der Waals surface area contributed by atoms with Crippen LogP contribution in [0.5, 0.6) is 5.75 Å². The quantitative estimate of drug-likeness (QED) is 0.672. The highest BCUT2D eigenvalue weighted by atomic mass is 35.5. The maximum atomic E-state index is 12.4. The van der Waals surface area contributed by atoms with Gasteiger partial charge in [-0.15, -0.1) is 0 Å². The Morgan fingerprint density at radius 3 is 2.50 bits per heavy atom. The van der Waals surface area contributed by atoms with Gasteiger partial charge in [-0.1, -0.05) is 11.6 Å². The van der Waals surface area contributed by atoms with Crippen molar-refractivity contribution >= 4 is 34.6 Å². The van der Waals surface area contributed by atoms with E-state index in [1.54, 1.807) is 12.1 Å². The first kappa shape index (κ1) is 22.0. The number of nitrogens with one attached hydrogen (secondary N) is 2. The Morgan fingerprint density at radius 2 is 1.83 bits per heavy atom. The second-order valence-electron chi connectivity index (χ2n) is 6.59. The van der Waals surface area contributed by atoms with Crippen LogP contribution in [0.1, 0.15) is 0 Å². The Morgan fingerprint density at radius 1 is 1.13 bits per heavy atom. The van der Waals surface area contributed by atoms with Gasteiger partial charge in [0.05, 0.1) is 25.4 Å². The smallest absolute Gasteiger partial charge is 0.422 e. The summed E-state index contributed by atoms with van der Waals surface area (Å²) in [7, 11) is 0. The van der Waals surface area contributed by atoms with Crippen LogP contribution in [-0.4, -0.2) is 51.5 Å². The first-order chi connectivity index (χ1) is 14.3. The predicted octanol–water partition coefficient (Wildman–Crippen LogP) is 4.17. The lowest BCUT2D eigenvalue weighted by Crippen LogP contribution is -2.36. The summed E-state index contributed by atoms with van der Waals surface area (Å²) in [5.41, 5.74) is 1.85. The number of rotatable bonds is 7. The Kier molecular flexibility index (Phi) is 7.28. The van der Waals surface area contributed by atoms with E-state index in [1.165, 1.54) is 18.2 Å². The molecule has 6 nitrogen and oxygen atoms in total. The SMILES string of the molecule is O=C(CNc1cc(Cl)ccc1OCC(F)(F)F)Nc1ccc(N2CCOCC2)cc1. The van der Waals surface area contributed by atoms with E-state index >= 15 is 0 Å². The highest BCUT2D eigenvalue weighted by molar-refractivity contribution is 6.30. The molecule has 0 saturated carbocycles.